The number of carbonyl (C=O) groups excluding carboxylic acids is 1. The average molecular weight is 420 g/mol. The van der Waals surface area contributed by atoms with Crippen LogP contribution in [0.2, 0.25) is 0 Å². The number of thiophene rings is 1. The van der Waals surface area contributed by atoms with Crippen LogP contribution in [0.4, 0.5) is 0 Å². The van der Waals surface area contributed by atoms with Crippen LogP contribution in [-0.2, 0) is 0 Å². The molecule has 154 valence electrons. The first-order chi connectivity index (χ1) is 14.7. The van der Waals surface area contributed by atoms with Gasteiger partial charge in [-0.1, -0.05) is 19.9 Å². The van der Waals surface area contributed by atoms with Crippen LogP contribution in [0.15, 0.2) is 54.3 Å². The van der Waals surface area contributed by atoms with Gasteiger partial charge in [-0.3, -0.25) is 9.78 Å². The number of fused-ring (bicyclic) bond motifs is 1. The van der Waals surface area contributed by atoms with Crippen molar-refractivity contribution in [1.29, 1.82) is 0 Å². The van der Waals surface area contributed by atoms with Gasteiger partial charge in [-0.25, -0.2) is 9.50 Å². The van der Waals surface area contributed by atoms with E-state index >= 15 is 0 Å². The van der Waals surface area contributed by atoms with Gasteiger partial charge in [-0.05, 0) is 49.0 Å². The molecule has 0 amide bonds. The third-order valence-electron chi connectivity index (χ3n) is 5.21. The van der Waals surface area contributed by atoms with E-state index < -0.39 is 0 Å². The molecule has 0 aromatic carbocycles. The Bertz CT molecular complexity index is 1140. The molecule has 0 saturated carbocycles. The van der Waals surface area contributed by atoms with E-state index in [0.29, 0.717) is 23.7 Å². The molecular weight excluding hydrogens is 394 g/mol. The third-order valence-corrected chi connectivity index (χ3v) is 6.10. The molecule has 4 heterocycles. The van der Waals surface area contributed by atoms with Crippen molar-refractivity contribution in [2.24, 2.45) is 0 Å². The number of carbonyl (C=O) groups is 1. The fourth-order valence-corrected chi connectivity index (χ4v) is 4.25. The number of nitrogens with one attached hydrogen (secondary N) is 1. The van der Waals surface area contributed by atoms with Crippen molar-refractivity contribution in [2.45, 2.75) is 39.2 Å². The van der Waals surface area contributed by atoms with E-state index in [4.69, 9.17) is 4.98 Å². The van der Waals surface area contributed by atoms with Gasteiger partial charge in [-0.2, -0.15) is 5.10 Å². The predicted molar refractivity (Wildman–Crippen MR) is 121 cm³/mol. The van der Waals surface area contributed by atoms with Gasteiger partial charge in [0.25, 0.3) is 0 Å². The molecule has 0 fully saturated rings. The van der Waals surface area contributed by atoms with Gasteiger partial charge in [0.2, 0.25) is 0 Å². The second-order valence-corrected chi connectivity index (χ2v) is 8.12. The van der Waals surface area contributed by atoms with Crippen molar-refractivity contribution in [3.63, 3.8) is 0 Å². The molecule has 30 heavy (non-hydrogen) atoms. The van der Waals surface area contributed by atoms with E-state index in [1.54, 1.807) is 34.3 Å². The standard InChI is InChI=1S/C23H25N5OS/c1-3-17(24-4-2)7-8-21(29)16-9-11-25-20(14-16)18-15-26-28-12-10-19(27-23(18)28)22-6-5-13-30-22/h5-6,9-15,17,24H,3-4,7-8H2,1-2H3. The zero-order chi connectivity index (χ0) is 20.9. The van der Waals surface area contributed by atoms with Crippen molar-refractivity contribution in [3.05, 3.63) is 59.9 Å². The highest BCUT2D eigenvalue weighted by Crippen LogP contribution is 2.27. The molecule has 7 heteroatoms. The quantitative estimate of drug-likeness (QED) is 0.392. The van der Waals surface area contributed by atoms with Crippen molar-refractivity contribution >= 4 is 22.8 Å². The number of hydrogen-bond acceptors (Lipinski definition) is 6. The number of Topliss-reactive ketones (excluding diaryl/α,β-unsaturated/α-hetero) is 1. The summed E-state index contributed by atoms with van der Waals surface area (Å²) in [6, 6.07) is 10.0. The highest BCUT2D eigenvalue weighted by Gasteiger charge is 2.15. The number of nitrogens with zero attached hydrogens (tertiary/aromatic N) is 4. The second-order valence-electron chi connectivity index (χ2n) is 7.17. The molecule has 0 aliphatic rings. The van der Waals surface area contributed by atoms with E-state index in [2.05, 4.69) is 29.2 Å². The number of hydrogen-bond donors (Lipinski definition) is 1. The topological polar surface area (TPSA) is 72.2 Å². The van der Waals surface area contributed by atoms with Crippen molar-refractivity contribution in [1.82, 2.24) is 24.9 Å². The first kappa shape index (κ1) is 20.4. The lowest BCUT2D eigenvalue weighted by molar-refractivity contribution is 0.0975. The Hall–Kier alpha value is -2.90. The Morgan fingerprint density at radius 2 is 2.13 bits per heavy atom. The predicted octanol–water partition coefficient (Wildman–Crippen LogP) is 4.87. The summed E-state index contributed by atoms with van der Waals surface area (Å²) in [6.07, 6.45) is 7.73. The minimum absolute atomic E-state index is 0.138. The van der Waals surface area contributed by atoms with Crippen LogP contribution < -0.4 is 5.32 Å². The molecule has 0 spiro atoms. The number of aromatic nitrogens is 4. The van der Waals surface area contributed by atoms with Crippen LogP contribution in [0.25, 0.3) is 27.5 Å². The third kappa shape index (κ3) is 4.32. The highest BCUT2D eigenvalue weighted by atomic mass is 32.1. The fraction of sp³-hybridized carbons (Fsp3) is 0.304. The van der Waals surface area contributed by atoms with E-state index in [1.807, 2.05) is 35.8 Å². The van der Waals surface area contributed by atoms with Gasteiger partial charge < -0.3 is 5.32 Å². The highest BCUT2D eigenvalue weighted by molar-refractivity contribution is 7.13. The minimum Gasteiger partial charge on any atom is -0.314 e. The van der Waals surface area contributed by atoms with Crippen molar-refractivity contribution < 1.29 is 4.79 Å². The molecular formula is C23H25N5OS. The zero-order valence-corrected chi connectivity index (χ0v) is 18.0. The normalized spacial score (nSPS) is 12.3. The van der Waals surface area contributed by atoms with E-state index in [-0.39, 0.29) is 5.78 Å². The first-order valence-corrected chi connectivity index (χ1v) is 11.2. The second kappa shape index (κ2) is 9.28. The summed E-state index contributed by atoms with van der Waals surface area (Å²) in [7, 11) is 0. The summed E-state index contributed by atoms with van der Waals surface area (Å²) in [4.78, 5) is 23.2. The Labute approximate surface area is 180 Å². The first-order valence-electron chi connectivity index (χ1n) is 10.3. The molecule has 4 aromatic heterocycles. The molecule has 4 rings (SSSR count). The lowest BCUT2D eigenvalue weighted by atomic mass is 10.0. The van der Waals surface area contributed by atoms with Gasteiger partial charge in [0.05, 0.1) is 28.0 Å². The van der Waals surface area contributed by atoms with Gasteiger partial charge in [0.1, 0.15) is 0 Å². The summed E-state index contributed by atoms with van der Waals surface area (Å²) in [6.45, 7) is 5.15. The van der Waals surface area contributed by atoms with Gasteiger partial charge in [0, 0.05) is 30.4 Å². The van der Waals surface area contributed by atoms with Gasteiger partial charge in [0.15, 0.2) is 11.4 Å². The van der Waals surface area contributed by atoms with Crippen LogP contribution in [0.1, 0.15) is 43.5 Å². The monoisotopic (exact) mass is 419 g/mol. The molecule has 0 saturated heterocycles. The van der Waals surface area contributed by atoms with Crippen LogP contribution in [0, 0.1) is 0 Å². The SMILES string of the molecule is CCNC(CC)CCC(=O)c1ccnc(-c2cnn3ccc(-c4cccs4)nc23)c1. The van der Waals surface area contributed by atoms with Crippen LogP contribution in [-0.4, -0.2) is 38.0 Å². The summed E-state index contributed by atoms with van der Waals surface area (Å²) in [5.41, 5.74) is 3.85. The number of pyridine rings is 1. The molecule has 0 aliphatic carbocycles. The van der Waals surface area contributed by atoms with Crippen molar-refractivity contribution in [2.75, 3.05) is 6.54 Å². The molecule has 1 unspecified atom stereocenters. The van der Waals surface area contributed by atoms with Crippen LogP contribution >= 0.6 is 11.3 Å². The maximum absolute atomic E-state index is 12.8. The lowest BCUT2D eigenvalue weighted by Crippen LogP contribution is -2.28. The molecule has 0 radical (unpaired) electrons. The molecule has 1 atom stereocenters. The number of ketones is 1. The van der Waals surface area contributed by atoms with E-state index in [0.717, 1.165) is 41.2 Å². The Morgan fingerprint density at radius 1 is 1.23 bits per heavy atom. The molecule has 1 N–H and O–H groups in total. The maximum atomic E-state index is 12.8. The molecule has 6 nitrogen and oxygen atoms in total. The Balaban J connectivity index is 1.60. The summed E-state index contributed by atoms with van der Waals surface area (Å²) < 4.78 is 1.74. The Kier molecular flexibility index (Phi) is 6.30. The number of rotatable bonds is 9. The molecule has 0 bridgehead atoms. The average Bonchev–Trinajstić information content (AvgIpc) is 3.46. The summed E-state index contributed by atoms with van der Waals surface area (Å²) in [5, 5.41) is 9.87. The zero-order valence-electron chi connectivity index (χ0n) is 17.2. The lowest BCUT2D eigenvalue weighted by Gasteiger charge is -2.14. The minimum atomic E-state index is 0.138. The Morgan fingerprint density at radius 3 is 2.90 bits per heavy atom. The molecule has 4 aromatic rings. The van der Waals surface area contributed by atoms with Crippen molar-refractivity contribution in [3.8, 4) is 21.8 Å². The van der Waals surface area contributed by atoms with E-state index in [1.165, 1.54) is 0 Å². The summed E-state index contributed by atoms with van der Waals surface area (Å²) >= 11 is 1.65. The molecule has 0 aliphatic heterocycles. The van der Waals surface area contributed by atoms with Crippen LogP contribution in [0.3, 0.4) is 0 Å². The van der Waals surface area contributed by atoms with Gasteiger partial charge in [-0.15, -0.1) is 11.3 Å². The smallest absolute Gasteiger partial charge is 0.165 e. The van der Waals surface area contributed by atoms with E-state index in [9.17, 15) is 4.79 Å². The largest absolute Gasteiger partial charge is 0.314 e. The van der Waals surface area contributed by atoms with Gasteiger partial charge >= 0.3 is 0 Å². The fourth-order valence-electron chi connectivity index (χ4n) is 3.55. The summed E-state index contributed by atoms with van der Waals surface area (Å²) in [5.74, 6) is 0.138. The maximum Gasteiger partial charge on any atom is 0.165 e. The van der Waals surface area contributed by atoms with Crippen LogP contribution in [0.5, 0.6) is 0 Å².